The quantitative estimate of drug-likeness (QED) is 0.809. The minimum atomic E-state index is -3.97. The fourth-order valence-electron chi connectivity index (χ4n) is 6.36. The average Bonchev–Trinajstić information content (AvgIpc) is 2.69. The van der Waals surface area contributed by atoms with Crippen LogP contribution in [0.2, 0.25) is 0 Å². The molecule has 8 heteroatoms. The number of hydrogen-bond donors (Lipinski definition) is 1. The van der Waals surface area contributed by atoms with Gasteiger partial charge in [0.05, 0.1) is 18.6 Å². The smallest absolute Gasteiger partial charge is 0.246 e. The highest BCUT2D eigenvalue weighted by Gasteiger charge is 2.54. The molecular weight excluding hydrogens is 395 g/mol. The van der Waals surface area contributed by atoms with E-state index in [2.05, 4.69) is 5.32 Å². The molecule has 1 heterocycles. The van der Waals surface area contributed by atoms with Gasteiger partial charge in [-0.1, -0.05) is 0 Å². The molecule has 0 atom stereocenters. The van der Waals surface area contributed by atoms with E-state index in [0.29, 0.717) is 36.7 Å². The number of ether oxygens (including phenoxy) is 1. The summed E-state index contributed by atoms with van der Waals surface area (Å²) in [6, 6.07) is 3.84. The summed E-state index contributed by atoms with van der Waals surface area (Å²) in [5.41, 5.74) is 0.00539. The van der Waals surface area contributed by atoms with Crippen LogP contribution in [0.4, 0.5) is 10.1 Å². The van der Waals surface area contributed by atoms with Crippen LogP contribution in [0.3, 0.4) is 0 Å². The molecule has 6 nitrogen and oxygen atoms in total. The first-order chi connectivity index (χ1) is 13.9. The zero-order valence-electron chi connectivity index (χ0n) is 16.4. The topological polar surface area (TPSA) is 75.7 Å². The molecule has 1 saturated heterocycles. The summed E-state index contributed by atoms with van der Waals surface area (Å²) in [5, 5.41) is 2.93. The number of amides is 1. The predicted molar refractivity (Wildman–Crippen MR) is 105 cm³/mol. The molecule has 1 aliphatic heterocycles. The highest BCUT2D eigenvalue weighted by atomic mass is 32.2. The van der Waals surface area contributed by atoms with Gasteiger partial charge in [-0.05, 0) is 74.5 Å². The highest BCUT2D eigenvalue weighted by Crippen LogP contribution is 2.60. The monoisotopic (exact) mass is 422 g/mol. The molecule has 4 aliphatic carbocycles. The van der Waals surface area contributed by atoms with Gasteiger partial charge in [0.25, 0.3) is 0 Å². The molecule has 0 radical (unpaired) electrons. The van der Waals surface area contributed by atoms with Crippen LogP contribution in [0.25, 0.3) is 0 Å². The SMILES string of the molecule is O=C(Nc1ccc(F)c(S(=O)(=O)N2CCOCC2)c1)C12CC3CC(CC(C3)C1)C2. The van der Waals surface area contributed by atoms with Crippen LogP contribution in [0, 0.1) is 29.0 Å². The van der Waals surface area contributed by atoms with Crippen molar-refractivity contribution in [3.05, 3.63) is 24.0 Å². The molecular formula is C21H27FN2O4S. The van der Waals surface area contributed by atoms with E-state index in [0.717, 1.165) is 25.3 Å². The van der Waals surface area contributed by atoms with Crippen LogP contribution >= 0.6 is 0 Å². The van der Waals surface area contributed by atoms with Crippen molar-refractivity contribution in [1.29, 1.82) is 0 Å². The Labute approximate surface area is 170 Å². The van der Waals surface area contributed by atoms with Crippen LogP contribution in [0.15, 0.2) is 23.1 Å². The Morgan fingerprint density at radius 1 is 1.07 bits per heavy atom. The number of carbonyl (C=O) groups excluding carboxylic acids is 1. The zero-order chi connectivity index (χ0) is 20.2. The van der Waals surface area contributed by atoms with Crippen LogP contribution < -0.4 is 5.32 Å². The first-order valence-corrected chi connectivity index (χ1v) is 12.0. The van der Waals surface area contributed by atoms with Crippen LogP contribution in [0.5, 0.6) is 0 Å². The normalized spacial score (nSPS) is 34.3. The second-order valence-electron chi connectivity index (χ2n) is 9.31. The standard InChI is InChI=1S/C21H27FN2O4S/c22-18-2-1-17(10-19(18)29(26,27)24-3-5-28-6-4-24)23-20(25)21-11-14-7-15(12-21)9-16(8-14)13-21/h1-2,10,14-16H,3-9,11-13H2,(H,23,25). The van der Waals surface area contributed by atoms with Gasteiger partial charge in [-0.3, -0.25) is 4.79 Å². The van der Waals surface area contributed by atoms with Crippen molar-refractivity contribution in [2.45, 2.75) is 43.4 Å². The first kappa shape index (κ1) is 19.5. The second-order valence-corrected chi connectivity index (χ2v) is 11.2. The fraction of sp³-hybridized carbons (Fsp3) is 0.667. The molecule has 0 unspecified atom stereocenters. The van der Waals surface area contributed by atoms with Gasteiger partial charge in [-0.25, -0.2) is 12.8 Å². The maximum atomic E-state index is 14.4. The molecule has 1 N–H and O–H groups in total. The maximum Gasteiger partial charge on any atom is 0.246 e. The van der Waals surface area contributed by atoms with Crippen LogP contribution in [-0.2, 0) is 19.6 Å². The molecule has 1 aromatic carbocycles. The number of carbonyl (C=O) groups is 1. The summed E-state index contributed by atoms with van der Waals surface area (Å²) in [6.07, 6.45) is 6.49. The van der Waals surface area contributed by atoms with Crippen molar-refractivity contribution >= 4 is 21.6 Å². The summed E-state index contributed by atoms with van der Waals surface area (Å²) < 4.78 is 46.6. The number of hydrogen-bond acceptors (Lipinski definition) is 4. The number of rotatable bonds is 4. The van der Waals surface area contributed by atoms with Gasteiger partial charge in [0.15, 0.2) is 0 Å². The van der Waals surface area contributed by atoms with Crippen molar-refractivity contribution < 1.29 is 22.3 Å². The summed E-state index contributed by atoms with van der Waals surface area (Å²) in [7, 11) is -3.97. The van der Waals surface area contributed by atoms with Crippen molar-refractivity contribution in [3.63, 3.8) is 0 Å². The molecule has 6 rings (SSSR count). The molecule has 29 heavy (non-hydrogen) atoms. The number of nitrogens with zero attached hydrogens (tertiary/aromatic N) is 1. The lowest BCUT2D eigenvalue weighted by Crippen LogP contribution is -2.51. The molecule has 0 aromatic heterocycles. The van der Waals surface area contributed by atoms with Gasteiger partial charge in [0.1, 0.15) is 10.7 Å². The third-order valence-corrected chi connectivity index (χ3v) is 9.21. The van der Waals surface area contributed by atoms with Crippen LogP contribution in [0.1, 0.15) is 38.5 Å². The van der Waals surface area contributed by atoms with Crippen molar-refractivity contribution in [2.75, 3.05) is 31.6 Å². The third kappa shape index (κ3) is 3.39. The highest BCUT2D eigenvalue weighted by molar-refractivity contribution is 7.89. The van der Waals surface area contributed by atoms with Gasteiger partial charge < -0.3 is 10.1 Å². The Bertz CT molecular complexity index is 891. The zero-order valence-corrected chi connectivity index (χ0v) is 17.2. The van der Waals surface area contributed by atoms with E-state index in [-0.39, 0.29) is 29.3 Å². The van der Waals surface area contributed by atoms with Gasteiger partial charge in [0, 0.05) is 18.8 Å². The van der Waals surface area contributed by atoms with Crippen molar-refractivity contribution in [1.82, 2.24) is 4.31 Å². The molecule has 0 spiro atoms. The minimum Gasteiger partial charge on any atom is -0.379 e. The number of anilines is 1. The van der Waals surface area contributed by atoms with Gasteiger partial charge in [-0.2, -0.15) is 4.31 Å². The lowest BCUT2D eigenvalue weighted by atomic mass is 9.49. The number of nitrogens with one attached hydrogen (secondary N) is 1. The van der Waals surface area contributed by atoms with E-state index in [9.17, 15) is 17.6 Å². The summed E-state index contributed by atoms with van der Waals surface area (Å²) in [4.78, 5) is 12.8. The second kappa shape index (κ2) is 7.03. The Kier molecular flexibility index (Phi) is 4.71. The average molecular weight is 423 g/mol. The lowest BCUT2D eigenvalue weighted by Gasteiger charge is -2.55. The number of sulfonamides is 1. The van der Waals surface area contributed by atoms with E-state index in [1.165, 1.54) is 35.7 Å². The van der Waals surface area contributed by atoms with Crippen molar-refractivity contribution in [3.8, 4) is 0 Å². The van der Waals surface area contributed by atoms with E-state index >= 15 is 0 Å². The largest absolute Gasteiger partial charge is 0.379 e. The molecule has 5 fully saturated rings. The Balaban J connectivity index is 1.38. The summed E-state index contributed by atoms with van der Waals surface area (Å²) >= 11 is 0. The first-order valence-electron chi connectivity index (χ1n) is 10.5. The lowest BCUT2D eigenvalue weighted by molar-refractivity contribution is -0.140. The summed E-state index contributed by atoms with van der Waals surface area (Å²) in [6.45, 7) is 0.990. The molecule has 4 bridgehead atoms. The van der Waals surface area contributed by atoms with E-state index in [1.54, 1.807) is 0 Å². The van der Waals surface area contributed by atoms with Gasteiger partial charge in [0.2, 0.25) is 15.9 Å². The molecule has 5 aliphatic rings. The Morgan fingerprint density at radius 3 is 2.24 bits per heavy atom. The minimum absolute atomic E-state index is 0.0297. The maximum absolute atomic E-state index is 14.4. The summed E-state index contributed by atoms with van der Waals surface area (Å²) in [5.74, 6) is 1.08. The van der Waals surface area contributed by atoms with Crippen LogP contribution in [-0.4, -0.2) is 44.9 Å². The molecule has 4 saturated carbocycles. The van der Waals surface area contributed by atoms with E-state index in [4.69, 9.17) is 4.74 Å². The fourth-order valence-corrected chi connectivity index (χ4v) is 7.86. The number of halogens is 1. The van der Waals surface area contributed by atoms with E-state index in [1.807, 2.05) is 0 Å². The molecule has 1 amide bonds. The predicted octanol–water partition coefficient (Wildman–Crippen LogP) is 3.00. The third-order valence-electron chi connectivity index (χ3n) is 7.30. The Morgan fingerprint density at radius 2 is 1.66 bits per heavy atom. The van der Waals surface area contributed by atoms with Gasteiger partial charge in [-0.15, -0.1) is 0 Å². The Hall–Kier alpha value is -1.51. The number of morpholine rings is 1. The molecule has 1 aromatic rings. The van der Waals surface area contributed by atoms with Crippen molar-refractivity contribution in [2.24, 2.45) is 23.2 Å². The van der Waals surface area contributed by atoms with E-state index < -0.39 is 15.8 Å². The number of benzene rings is 1. The van der Waals surface area contributed by atoms with Gasteiger partial charge >= 0.3 is 0 Å². The molecule has 158 valence electrons.